The molecular weight excluding hydrogens is 188 g/mol. The van der Waals surface area contributed by atoms with E-state index in [0.717, 1.165) is 18.8 Å². The first kappa shape index (κ1) is 12.3. The van der Waals surface area contributed by atoms with Crippen LogP contribution in [0.1, 0.15) is 52.9 Å². The summed E-state index contributed by atoms with van der Waals surface area (Å²) in [6.07, 6.45) is 6.71. The predicted molar refractivity (Wildman–Crippen MR) is 61.7 cm³/mol. The lowest BCUT2D eigenvalue weighted by molar-refractivity contribution is -0.136. The Hall–Kier alpha value is -0.790. The summed E-state index contributed by atoms with van der Waals surface area (Å²) in [5, 5.41) is 8.58. The average Bonchev–Trinajstić information content (AvgIpc) is 2.14. The molecule has 15 heavy (non-hydrogen) atoms. The maximum atomic E-state index is 10.4. The Balaban J connectivity index is 2.42. The zero-order valence-corrected chi connectivity index (χ0v) is 10.0. The van der Waals surface area contributed by atoms with Crippen LogP contribution in [0.15, 0.2) is 11.6 Å². The Labute approximate surface area is 92.4 Å². The maximum absolute atomic E-state index is 10.4. The van der Waals surface area contributed by atoms with Crippen molar-refractivity contribution in [2.24, 2.45) is 11.3 Å². The van der Waals surface area contributed by atoms with Crippen LogP contribution >= 0.6 is 0 Å². The van der Waals surface area contributed by atoms with E-state index >= 15 is 0 Å². The third kappa shape index (κ3) is 4.06. The van der Waals surface area contributed by atoms with Crippen molar-refractivity contribution in [3.05, 3.63) is 11.6 Å². The Kier molecular flexibility index (Phi) is 3.95. The van der Waals surface area contributed by atoms with Crippen LogP contribution < -0.4 is 0 Å². The molecule has 0 heterocycles. The zero-order chi connectivity index (χ0) is 11.5. The van der Waals surface area contributed by atoms with Crippen LogP contribution in [0.3, 0.4) is 0 Å². The van der Waals surface area contributed by atoms with Gasteiger partial charge >= 0.3 is 5.97 Å². The highest BCUT2D eigenvalue weighted by Crippen LogP contribution is 2.39. The summed E-state index contributed by atoms with van der Waals surface area (Å²) in [6, 6.07) is 0. The van der Waals surface area contributed by atoms with Gasteiger partial charge in [-0.15, -0.1) is 0 Å². The van der Waals surface area contributed by atoms with E-state index < -0.39 is 5.97 Å². The van der Waals surface area contributed by atoms with Crippen molar-refractivity contribution in [3.8, 4) is 0 Å². The summed E-state index contributed by atoms with van der Waals surface area (Å²) in [7, 11) is 0. The zero-order valence-electron chi connectivity index (χ0n) is 10.0. The number of hydrogen-bond acceptors (Lipinski definition) is 1. The molecule has 1 aliphatic rings. The van der Waals surface area contributed by atoms with Crippen molar-refractivity contribution in [1.82, 2.24) is 0 Å². The van der Waals surface area contributed by atoms with Crippen LogP contribution in [-0.2, 0) is 4.79 Å². The van der Waals surface area contributed by atoms with Crippen LogP contribution in [0, 0.1) is 11.3 Å². The fraction of sp³-hybridized carbons (Fsp3) is 0.769. The standard InChI is InChI=1S/C13H22O2/c1-13(2,3)11-7-4-10(5-8-11)6-9-12(14)15/h6,11H,4-5,7-9H2,1-3H3,(H,14,15). The van der Waals surface area contributed by atoms with Gasteiger partial charge in [-0.1, -0.05) is 32.4 Å². The summed E-state index contributed by atoms with van der Waals surface area (Å²) >= 11 is 0. The molecule has 0 radical (unpaired) electrons. The SMILES string of the molecule is CC(C)(C)C1CCC(=CCC(=O)O)CC1. The molecule has 2 nitrogen and oxygen atoms in total. The molecule has 0 spiro atoms. The van der Waals surface area contributed by atoms with Crippen LogP contribution in [0.4, 0.5) is 0 Å². The van der Waals surface area contributed by atoms with Gasteiger partial charge in [-0.3, -0.25) is 4.79 Å². The highest BCUT2D eigenvalue weighted by atomic mass is 16.4. The number of aliphatic carboxylic acids is 1. The van der Waals surface area contributed by atoms with Gasteiger partial charge in [-0.05, 0) is 37.0 Å². The van der Waals surface area contributed by atoms with Crippen molar-refractivity contribution < 1.29 is 9.90 Å². The first-order valence-corrected chi connectivity index (χ1v) is 5.79. The summed E-state index contributed by atoms with van der Waals surface area (Å²) in [6.45, 7) is 6.89. The molecule has 0 bridgehead atoms. The normalized spacial score (nSPS) is 22.6. The molecule has 0 amide bonds. The lowest BCUT2D eigenvalue weighted by atomic mass is 9.71. The van der Waals surface area contributed by atoms with Gasteiger partial charge in [0, 0.05) is 0 Å². The van der Waals surface area contributed by atoms with Gasteiger partial charge in [0.05, 0.1) is 6.42 Å². The van der Waals surface area contributed by atoms with E-state index in [0.29, 0.717) is 5.41 Å². The van der Waals surface area contributed by atoms with Crippen LogP contribution in [-0.4, -0.2) is 11.1 Å². The van der Waals surface area contributed by atoms with Crippen molar-refractivity contribution in [2.75, 3.05) is 0 Å². The second-order valence-electron chi connectivity index (χ2n) is 5.60. The summed E-state index contributed by atoms with van der Waals surface area (Å²) in [5.41, 5.74) is 1.75. The molecule has 1 N–H and O–H groups in total. The molecule has 2 heteroatoms. The van der Waals surface area contributed by atoms with E-state index in [2.05, 4.69) is 20.8 Å². The van der Waals surface area contributed by atoms with Gasteiger partial charge < -0.3 is 5.11 Å². The fourth-order valence-electron chi connectivity index (χ4n) is 2.29. The molecule has 1 rings (SSSR count). The molecule has 0 atom stereocenters. The predicted octanol–water partition coefficient (Wildman–Crippen LogP) is 3.62. The molecule has 86 valence electrons. The van der Waals surface area contributed by atoms with Gasteiger partial charge in [0.1, 0.15) is 0 Å². The van der Waals surface area contributed by atoms with E-state index in [1.165, 1.54) is 18.4 Å². The number of carboxylic acids is 1. The minimum absolute atomic E-state index is 0.190. The number of hydrogen-bond donors (Lipinski definition) is 1. The smallest absolute Gasteiger partial charge is 0.307 e. The van der Waals surface area contributed by atoms with Crippen LogP contribution in [0.25, 0.3) is 0 Å². The third-order valence-electron chi connectivity index (χ3n) is 3.42. The first-order valence-electron chi connectivity index (χ1n) is 5.79. The lowest BCUT2D eigenvalue weighted by Gasteiger charge is -2.34. The molecule has 0 unspecified atom stereocenters. The Morgan fingerprint density at radius 1 is 1.40 bits per heavy atom. The highest BCUT2D eigenvalue weighted by Gasteiger charge is 2.27. The van der Waals surface area contributed by atoms with Gasteiger partial charge in [0.15, 0.2) is 0 Å². The van der Waals surface area contributed by atoms with Gasteiger partial charge in [0.2, 0.25) is 0 Å². The number of allylic oxidation sites excluding steroid dienone is 1. The second-order valence-corrected chi connectivity index (χ2v) is 5.60. The number of rotatable bonds is 2. The maximum Gasteiger partial charge on any atom is 0.307 e. The highest BCUT2D eigenvalue weighted by molar-refractivity contribution is 5.68. The molecule has 0 aliphatic heterocycles. The monoisotopic (exact) mass is 210 g/mol. The van der Waals surface area contributed by atoms with E-state index in [1.807, 2.05) is 6.08 Å². The third-order valence-corrected chi connectivity index (χ3v) is 3.42. The van der Waals surface area contributed by atoms with Gasteiger partial charge in [0.25, 0.3) is 0 Å². The first-order chi connectivity index (χ1) is 6.89. The van der Waals surface area contributed by atoms with Gasteiger partial charge in [-0.2, -0.15) is 0 Å². The largest absolute Gasteiger partial charge is 0.481 e. The quantitative estimate of drug-likeness (QED) is 0.707. The Morgan fingerprint density at radius 2 is 1.93 bits per heavy atom. The molecule has 1 aliphatic carbocycles. The summed E-state index contributed by atoms with van der Waals surface area (Å²) < 4.78 is 0. The minimum Gasteiger partial charge on any atom is -0.481 e. The van der Waals surface area contributed by atoms with Crippen LogP contribution in [0.2, 0.25) is 0 Å². The Bertz CT molecular complexity index is 248. The second kappa shape index (κ2) is 4.82. The number of carboxylic acid groups (broad SMARTS) is 1. The molecule has 0 aromatic rings. The van der Waals surface area contributed by atoms with E-state index in [4.69, 9.17) is 5.11 Å². The fourth-order valence-corrected chi connectivity index (χ4v) is 2.29. The van der Waals surface area contributed by atoms with E-state index in [-0.39, 0.29) is 6.42 Å². The molecule has 0 saturated heterocycles. The summed E-state index contributed by atoms with van der Waals surface area (Å²) in [5.74, 6) is 0.0694. The Morgan fingerprint density at radius 3 is 2.33 bits per heavy atom. The molecule has 1 fully saturated rings. The average molecular weight is 210 g/mol. The molecule has 0 aromatic heterocycles. The van der Waals surface area contributed by atoms with E-state index in [9.17, 15) is 4.79 Å². The van der Waals surface area contributed by atoms with Crippen molar-refractivity contribution in [2.45, 2.75) is 52.9 Å². The minimum atomic E-state index is -0.722. The van der Waals surface area contributed by atoms with Crippen LogP contribution in [0.5, 0.6) is 0 Å². The van der Waals surface area contributed by atoms with Crippen molar-refractivity contribution in [3.63, 3.8) is 0 Å². The topological polar surface area (TPSA) is 37.3 Å². The van der Waals surface area contributed by atoms with Gasteiger partial charge in [-0.25, -0.2) is 0 Å². The number of carbonyl (C=O) groups is 1. The molecule has 0 aromatic carbocycles. The summed E-state index contributed by atoms with van der Waals surface area (Å²) in [4.78, 5) is 10.4. The lowest BCUT2D eigenvalue weighted by Crippen LogP contribution is -2.23. The van der Waals surface area contributed by atoms with E-state index in [1.54, 1.807) is 0 Å². The van der Waals surface area contributed by atoms with Crippen molar-refractivity contribution >= 4 is 5.97 Å². The van der Waals surface area contributed by atoms with Crippen molar-refractivity contribution in [1.29, 1.82) is 0 Å². The molecular formula is C13H22O2. The molecule has 1 saturated carbocycles.